The Morgan fingerprint density at radius 2 is 2.00 bits per heavy atom. The van der Waals surface area contributed by atoms with Crippen molar-refractivity contribution in [3.8, 4) is 0 Å². The molecule has 0 spiro atoms. The fraction of sp³-hybridized carbons (Fsp3) is 0.867. The van der Waals surface area contributed by atoms with Gasteiger partial charge in [-0.05, 0) is 37.5 Å². The van der Waals surface area contributed by atoms with Crippen LogP contribution < -0.4 is 5.32 Å². The summed E-state index contributed by atoms with van der Waals surface area (Å²) in [7, 11) is 0. The Kier molecular flexibility index (Phi) is 6.32. The van der Waals surface area contributed by atoms with Gasteiger partial charge in [0.05, 0.1) is 6.61 Å². The van der Waals surface area contributed by atoms with E-state index in [1.165, 1.54) is 6.42 Å². The summed E-state index contributed by atoms with van der Waals surface area (Å²) < 4.78 is 4.82. The van der Waals surface area contributed by atoms with E-state index in [-0.39, 0.29) is 24.3 Å². The summed E-state index contributed by atoms with van der Waals surface area (Å²) in [6.45, 7) is 8.64. The Hall–Kier alpha value is -1.06. The van der Waals surface area contributed by atoms with Crippen molar-refractivity contribution in [1.29, 1.82) is 0 Å². The normalized spacial score (nSPS) is 27.1. The number of ether oxygens (including phenoxy) is 1. The second-order valence-corrected chi connectivity index (χ2v) is 5.96. The second kappa shape index (κ2) is 7.51. The van der Waals surface area contributed by atoms with Crippen LogP contribution in [0.2, 0.25) is 0 Å². The highest BCUT2D eigenvalue weighted by molar-refractivity contribution is 5.83. The Balaban J connectivity index is 2.53. The fourth-order valence-electron chi connectivity index (χ4n) is 3.01. The number of carbonyl (C=O) groups excluding carboxylic acids is 2. The van der Waals surface area contributed by atoms with Gasteiger partial charge in [-0.15, -0.1) is 0 Å². The zero-order valence-corrected chi connectivity index (χ0v) is 12.6. The van der Waals surface area contributed by atoms with Crippen LogP contribution in [0.5, 0.6) is 0 Å². The van der Waals surface area contributed by atoms with E-state index in [9.17, 15) is 9.59 Å². The number of hydrogen-bond donors (Lipinski definition) is 1. The molecule has 1 saturated carbocycles. The maximum Gasteiger partial charge on any atom is 0.325 e. The molecule has 1 aliphatic carbocycles. The first-order valence-electron chi connectivity index (χ1n) is 7.39. The predicted molar refractivity (Wildman–Crippen MR) is 74.5 cm³/mol. The lowest BCUT2D eigenvalue weighted by molar-refractivity contribution is -0.144. The number of rotatable bonds is 5. The van der Waals surface area contributed by atoms with Gasteiger partial charge in [0.1, 0.15) is 6.54 Å². The molecule has 3 atom stereocenters. The molecule has 0 aromatic rings. The Bertz CT molecular complexity index is 315. The van der Waals surface area contributed by atoms with Crippen molar-refractivity contribution in [3.63, 3.8) is 0 Å². The van der Waals surface area contributed by atoms with Gasteiger partial charge in [-0.25, -0.2) is 0 Å². The van der Waals surface area contributed by atoms with Gasteiger partial charge in [-0.1, -0.05) is 27.2 Å². The summed E-state index contributed by atoms with van der Waals surface area (Å²) in [6.07, 6.45) is 3.23. The lowest BCUT2D eigenvalue weighted by Gasteiger charge is -2.36. The molecule has 4 heteroatoms. The molecule has 0 aromatic heterocycles. The molecule has 1 unspecified atom stereocenters. The molecule has 1 fully saturated rings. The first-order chi connectivity index (χ1) is 8.95. The van der Waals surface area contributed by atoms with Crippen molar-refractivity contribution in [2.75, 3.05) is 13.2 Å². The quantitative estimate of drug-likeness (QED) is 0.780. The summed E-state index contributed by atoms with van der Waals surface area (Å²) >= 11 is 0. The molecule has 0 aromatic carbocycles. The molecular formula is C15H27NO3. The third-order valence-corrected chi connectivity index (χ3v) is 4.07. The van der Waals surface area contributed by atoms with E-state index in [0.717, 1.165) is 12.8 Å². The van der Waals surface area contributed by atoms with Crippen molar-refractivity contribution in [1.82, 2.24) is 5.32 Å². The summed E-state index contributed by atoms with van der Waals surface area (Å²) in [5, 5.41) is 2.73. The standard InChI is InChI=1S/C15H27NO3/c1-5-19-14(17)9-16-15(18)13-8-11(4)6-7-12(13)10(2)3/h10-13H,5-9H2,1-4H3,(H,16,18)/t11-,12?,13+/m1/s1. The Labute approximate surface area is 116 Å². The van der Waals surface area contributed by atoms with Crippen molar-refractivity contribution in [2.24, 2.45) is 23.7 Å². The monoisotopic (exact) mass is 269 g/mol. The summed E-state index contributed by atoms with van der Waals surface area (Å²) in [4.78, 5) is 23.5. The van der Waals surface area contributed by atoms with E-state index in [2.05, 4.69) is 26.1 Å². The molecule has 1 amide bonds. The molecule has 4 nitrogen and oxygen atoms in total. The molecule has 1 rings (SSSR count). The molecule has 1 aliphatic rings. The van der Waals surface area contributed by atoms with Crippen molar-refractivity contribution in [2.45, 2.75) is 47.0 Å². The summed E-state index contributed by atoms with van der Waals surface area (Å²) in [6, 6.07) is 0. The Morgan fingerprint density at radius 1 is 1.32 bits per heavy atom. The zero-order chi connectivity index (χ0) is 14.4. The van der Waals surface area contributed by atoms with E-state index in [0.29, 0.717) is 24.4 Å². The minimum atomic E-state index is -0.360. The first kappa shape index (κ1) is 16.0. The van der Waals surface area contributed by atoms with Gasteiger partial charge in [-0.2, -0.15) is 0 Å². The molecule has 0 heterocycles. The van der Waals surface area contributed by atoms with Crippen LogP contribution in [0.3, 0.4) is 0 Å². The van der Waals surface area contributed by atoms with Gasteiger partial charge in [0.25, 0.3) is 0 Å². The number of carbonyl (C=O) groups is 2. The molecule has 0 aliphatic heterocycles. The predicted octanol–water partition coefficient (Wildman–Crippen LogP) is 2.37. The van der Waals surface area contributed by atoms with Crippen LogP contribution in [0.1, 0.15) is 47.0 Å². The highest BCUT2D eigenvalue weighted by Crippen LogP contribution is 2.37. The third kappa shape index (κ3) is 4.84. The van der Waals surface area contributed by atoms with Gasteiger partial charge in [0.2, 0.25) is 5.91 Å². The van der Waals surface area contributed by atoms with Crippen LogP contribution in [0.15, 0.2) is 0 Å². The van der Waals surface area contributed by atoms with Gasteiger partial charge in [0, 0.05) is 5.92 Å². The van der Waals surface area contributed by atoms with Gasteiger partial charge in [0.15, 0.2) is 0 Å². The Morgan fingerprint density at radius 3 is 2.58 bits per heavy atom. The molecule has 0 radical (unpaired) electrons. The smallest absolute Gasteiger partial charge is 0.325 e. The molecule has 1 N–H and O–H groups in total. The fourth-order valence-corrected chi connectivity index (χ4v) is 3.01. The maximum absolute atomic E-state index is 12.2. The highest BCUT2D eigenvalue weighted by atomic mass is 16.5. The zero-order valence-electron chi connectivity index (χ0n) is 12.6. The van der Waals surface area contributed by atoms with Gasteiger partial charge >= 0.3 is 5.97 Å². The van der Waals surface area contributed by atoms with Crippen LogP contribution in [0.25, 0.3) is 0 Å². The number of nitrogens with one attached hydrogen (secondary N) is 1. The van der Waals surface area contributed by atoms with Gasteiger partial charge in [-0.3, -0.25) is 9.59 Å². The molecule has 0 saturated heterocycles. The lowest BCUT2D eigenvalue weighted by atomic mass is 9.70. The second-order valence-electron chi connectivity index (χ2n) is 5.96. The highest BCUT2D eigenvalue weighted by Gasteiger charge is 2.35. The summed E-state index contributed by atoms with van der Waals surface area (Å²) in [5.74, 6) is 1.22. The van der Waals surface area contributed by atoms with Crippen molar-refractivity contribution in [3.05, 3.63) is 0 Å². The van der Waals surface area contributed by atoms with Crippen LogP contribution in [0.4, 0.5) is 0 Å². The number of esters is 1. The molecule has 19 heavy (non-hydrogen) atoms. The lowest BCUT2D eigenvalue weighted by Crippen LogP contribution is -2.42. The maximum atomic E-state index is 12.2. The van der Waals surface area contributed by atoms with Crippen LogP contribution >= 0.6 is 0 Å². The number of amides is 1. The van der Waals surface area contributed by atoms with E-state index < -0.39 is 0 Å². The minimum Gasteiger partial charge on any atom is -0.465 e. The average Bonchev–Trinajstić information content (AvgIpc) is 2.35. The van der Waals surface area contributed by atoms with Gasteiger partial charge < -0.3 is 10.1 Å². The van der Waals surface area contributed by atoms with Crippen LogP contribution in [0, 0.1) is 23.7 Å². The van der Waals surface area contributed by atoms with E-state index in [1.807, 2.05) is 0 Å². The van der Waals surface area contributed by atoms with Crippen LogP contribution in [-0.4, -0.2) is 25.0 Å². The molecular weight excluding hydrogens is 242 g/mol. The first-order valence-corrected chi connectivity index (χ1v) is 7.39. The topological polar surface area (TPSA) is 55.4 Å². The van der Waals surface area contributed by atoms with E-state index >= 15 is 0 Å². The van der Waals surface area contributed by atoms with Crippen molar-refractivity contribution >= 4 is 11.9 Å². The SMILES string of the molecule is CCOC(=O)CNC(=O)[C@H]1C[C@H](C)CCC1C(C)C. The van der Waals surface area contributed by atoms with E-state index in [4.69, 9.17) is 4.74 Å². The van der Waals surface area contributed by atoms with E-state index in [1.54, 1.807) is 6.92 Å². The van der Waals surface area contributed by atoms with Crippen molar-refractivity contribution < 1.29 is 14.3 Å². The minimum absolute atomic E-state index is 0.0115. The third-order valence-electron chi connectivity index (χ3n) is 4.07. The number of hydrogen-bond acceptors (Lipinski definition) is 3. The summed E-state index contributed by atoms with van der Waals surface area (Å²) in [5.41, 5.74) is 0. The molecule has 0 bridgehead atoms. The molecule has 110 valence electrons. The largest absolute Gasteiger partial charge is 0.465 e. The van der Waals surface area contributed by atoms with Crippen LogP contribution in [-0.2, 0) is 14.3 Å². The average molecular weight is 269 g/mol.